The van der Waals surface area contributed by atoms with Gasteiger partial charge < -0.3 is 19.5 Å². The minimum atomic E-state index is -3.48. The molecule has 0 spiro atoms. The third-order valence-electron chi connectivity index (χ3n) is 4.97. The first-order valence-electron chi connectivity index (χ1n) is 10.1. The van der Waals surface area contributed by atoms with E-state index in [2.05, 4.69) is 5.32 Å². The SMILES string of the molecule is COc1ccc(N(CCCC(=O)NC(C)c2ccc3c(c2)OCCO3)S(C)(=O)=O)cc1. The number of ether oxygens (including phenoxy) is 3. The number of hydrogen-bond donors (Lipinski definition) is 1. The number of nitrogens with zero attached hydrogens (tertiary/aromatic N) is 1. The molecule has 1 heterocycles. The van der Waals surface area contributed by atoms with Gasteiger partial charge in [0.05, 0.1) is 25.1 Å². The molecule has 0 saturated heterocycles. The van der Waals surface area contributed by atoms with Crippen LogP contribution in [0.4, 0.5) is 5.69 Å². The van der Waals surface area contributed by atoms with Gasteiger partial charge in [0.2, 0.25) is 15.9 Å². The lowest BCUT2D eigenvalue weighted by atomic mass is 10.1. The molecule has 1 amide bonds. The highest BCUT2D eigenvalue weighted by molar-refractivity contribution is 7.92. The molecule has 0 saturated carbocycles. The maximum atomic E-state index is 12.4. The first-order chi connectivity index (χ1) is 14.8. The molecule has 8 nitrogen and oxygen atoms in total. The summed E-state index contributed by atoms with van der Waals surface area (Å²) < 4.78 is 41.9. The van der Waals surface area contributed by atoms with Crippen LogP contribution in [0.1, 0.15) is 31.4 Å². The van der Waals surface area contributed by atoms with E-state index in [-0.39, 0.29) is 24.9 Å². The first kappa shape index (κ1) is 22.7. The molecule has 1 atom stereocenters. The number of nitrogens with one attached hydrogen (secondary N) is 1. The smallest absolute Gasteiger partial charge is 0.232 e. The number of carbonyl (C=O) groups is 1. The van der Waals surface area contributed by atoms with Crippen LogP contribution in [-0.4, -0.2) is 47.4 Å². The van der Waals surface area contributed by atoms with Crippen LogP contribution in [0.15, 0.2) is 42.5 Å². The molecule has 0 fully saturated rings. The Morgan fingerprint density at radius 3 is 2.45 bits per heavy atom. The van der Waals surface area contributed by atoms with Gasteiger partial charge in [-0.3, -0.25) is 9.10 Å². The third-order valence-corrected chi connectivity index (χ3v) is 6.16. The average molecular weight is 449 g/mol. The van der Waals surface area contributed by atoms with Crippen molar-refractivity contribution in [2.45, 2.75) is 25.8 Å². The van der Waals surface area contributed by atoms with Crippen molar-refractivity contribution < 1.29 is 27.4 Å². The number of fused-ring (bicyclic) bond motifs is 1. The Bertz CT molecular complexity index is 1010. The number of rotatable bonds is 9. The Balaban J connectivity index is 1.55. The molecule has 9 heteroatoms. The molecule has 2 aromatic rings. The molecule has 1 aliphatic rings. The standard InChI is InChI=1S/C22H28N2O6S/c1-16(17-6-11-20-21(15-17)30-14-13-29-20)23-22(25)5-4-12-24(31(3,26)27)18-7-9-19(28-2)10-8-18/h6-11,15-16H,4-5,12-14H2,1-3H3,(H,23,25). The highest BCUT2D eigenvalue weighted by Gasteiger charge is 2.19. The maximum absolute atomic E-state index is 12.4. The molecule has 1 unspecified atom stereocenters. The monoisotopic (exact) mass is 448 g/mol. The lowest BCUT2D eigenvalue weighted by Crippen LogP contribution is -2.32. The Morgan fingerprint density at radius 1 is 1.13 bits per heavy atom. The second-order valence-corrected chi connectivity index (χ2v) is 9.24. The van der Waals surface area contributed by atoms with Crippen LogP contribution >= 0.6 is 0 Å². The van der Waals surface area contributed by atoms with Gasteiger partial charge in [-0.05, 0) is 55.3 Å². The van der Waals surface area contributed by atoms with Gasteiger partial charge in [-0.2, -0.15) is 0 Å². The van der Waals surface area contributed by atoms with Gasteiger partial charge in [-0.25, -0.2) is 8.42 Å². The molecule has 1 aliphatic heterocycles. The van der Waals surface area contributed by atoms with Crippen LogP contribution in [0, 0.1) is 0 Å². The summed E-state index contributed by atoms with van der Waals surface area (Å²) in [6, 6.07) is 12.2. The number of benzene rings is 2. The maximum Gasteiger partial charge on any atom is 0.232 e. The van der Waals surface area contributed by atoms with Gasteiger partial charge in [0.15, 0.2) is 11.5 Å². The van der Waals surface area contributed by atoms with E-state index in [1.165, 1.54) is 4.31 Å². The van der Waals surface area contributed by atoms with Crippen molar-refractivity contribution in [2.75, 3.05) is 37.4 Å². The second-order valence-electron chi connectivity index (χ2n) is 7.33. The average Bonchev–Trinajstić information content (AvgIpc) is 2.75. The Kier molecular flexibility index (Phi) is 7.27. The Hall–Kier alpha value is -2.94. The lowest BCUT2D eigenvalue weighted by Gasteiger charge is -2.23. The van der Waals surface area contributed by atoms with E-state index in [4.69, 9.17) is 14.2 Å². The zero-order valence-electron chi connectivity index (χ0n) is 18.0. The van der Waals surface area contributed by atoms with E-state index in [0.29, 0.717) is 42.6 Å². The fourth-order valence-corrected chi connectivity index (χ4v) is 4.31. The molecule has 1 N–H and O–H groups in total. The molecule has 0 bridgehead atoms. The number of amides is 1. The lowest BCUT2D eigenvalue weighted by molar-refractivity contribution is -0.121. The molecule has 31 heavy (non-hydrogen) atoms. The number of sulfonamides is 1. The van der Waals surface area contributed by atoms with E-state index >= 15 is 0 Å². The predicted octanol–water partition coefficient (Wildman–Crippen LogP) is 2.89. The number of methoxy groups -OCH3 is 1. The molecule has 0 aliphatic carbocycles. The fraction of sp³-hybridized carbons (Fsp3) is 0.409. The summed E-state index contributed by atoms with van der Waals surface area (Å²) in [7, 11) is -1.93. The summed E-state index contributed by atoms with van der Waals surface area (Å²) in [6.45, 7) is 3.13. The van der Waals surface area contributed by atoms with Crippen molar-refractivity contribution in [1.29, 1.82) is 0 Å². The zero-order chi connectivity index (χ0) is 22.4. The van der Waals surface area contributed by atoms with Crippen LogP contribution in [-0.2, 0) is 14.8 Å². The van der Waals surface area contributed by atoms with Crippen molar-refractivity contribution in [3.05, 3.63) is 48.0 Å². The van der Waals surface area contributed by atoms with E-state index in [1.54, 1.807) is 31.4 Å². The zero-order valence-corrected chi connectivity index (χ0v) is 18.8. The second kappa shape index (κ2) is 9.91. The van der Waals surface area contributed by atoms with Crippen LogP contribution in [0.5, 0.6) is 17.2 Å². The highest BCUT2D eigenvalue weighted by atomic mass is 32.2. The summed E-state index contributed by atoms with van der Waals surface area (Å²) >= 11 is 0. The molecular formula is C22H28N2O6S. The van der Waals surface area contributed by atoms with Gasteiger partial charge >= 0.3 is 0 Å². The van der Waals surface area contributed by atoms with Gasteiger partial charge in [0.1, 0.15) is 19.0 Å². The Labute approximate surface area is 183 Å². The normalized spacial score (nSPS) is 13.9. The van der Waals surface area contributed by atoms with E-state index in [1.807, 2.05) is 25.1 Å². The summed E-state index contributed by atoms with van der Waals surface area (Å²) in [5, 5.41) is 2.95. The quantitative estimate of drug-likeness (QED) is 0.634. The van der Waals surface area contributed by atoms with Gasteiger partial charge in [0.25, 0.3) is 0 Å². The molecule has 168 valence electrons. The van der Waals surface area contributed by atoms with E-state index in [9.17, 15) is 13.2 Å². The van der Waals surface area contributed by atoms with Crippen LogP contribution in [0.25, 0.3) is 0 Å². The predicted molar refractivity (Wildman–Crippen MR) is 118 cm³/mol. The first-order valence-corrected chi connectivity index (χ1v) is 11.9. The molecule has 0 radical (unpaired) electrons. The number of carbonyl (C=O) groups excluding carboxylic acids is 1. The molecule has 3 rings (SSSR count). The van der Waals surface area contributed by atoms with Gasteiger partial charge in [-0.1, -0.05) is 6.07 Å². The summed E-state index contributed by atoms with van der Waals surface area (Å²) in [6.07, 6.45) is 1.75. The Morgan fingerprint density at radius 2 is 1.81 bits per heavy atom. The van der Waals surface area contributed by atoms with Gasteiger partial charge in [-0.15, -0.1) is 0 Å². The van der Waals surface area contributed by atoms with Crippen molar-refractivity contribution in [3.8, 4) is 17.2 Å². The largest absolute Gasteiger partial charge is 0.497 e. The molecule has 0 aromatic heterocycles. The van der Waals surface area contributed by atoms with Crippen molar-refractivity contribution in [1.82, 2.24) is 5.32 Å². The van der Waals surface area contributed by atoms with Crippen LogP contribution in [0.3, 0.4) is 0 Å². The topological polar surface area (TPSA) is 94.2 Å². The van der Waals surface area contributed by atoms with E-state index < -0.39 is 10.0 Å². The van der Waals surface area contributed by atoms with Crippen molar-refractivity contribution >= 4 is 21.6 Å². The number of anilines is 1. The third kappa shape index (κ3) is 6.04. The highest BCUT2D eigenvalue weighted by Crippen LogP contribution is 2.32. The fourth-order valence-electron chi connectivity index (χ4n) is 3.34. The van der Waals surface area contributed by atoms with Crippen molar-refractivity contribution in [2.24, 2.45) is 0 Å². The minimum Gasteiger partial charge on any atom is -0.497 e. The van der Waals surface area contributed by atoms with E-state index in [0.717, 1.165) is 11.8 Å². The summed E-state index contributed by atoms with van der Waals surface area (Å²) in [4.78, 5) is 12.4. The minimum absolute atomic E-state index is 0.148. The summed E-state index contributed by atoms with van der Waals surface area (Å²) in [5.41, 5.74) is 1.45. The van der Waals surface area contributed by atoms with Crippen LogP contribution in [0.2, 0.25) is 0 Å². The number of hydrogen-bond acceptors (Lipinski definition) is 6. The molecular weight excluding hydrogens is 420 g/mol. The van der Waals surface area contributed by atoms with Crippen molar-refractivity contribution in [3.63, 3.8) is 0 Å². The van der Waals surface area contributed by atoms with Gasteiger partial charge in [0, 0.05) is 13.0 Å². The summed E-state index contributed by atoms with van der Waals surface area (Å²) in [5.74, 6) is 1.87. The molecule has 2 aromatic carbocycles. The van der Waals surface area contributed by atoms with Crippen LogP contribution < -0.4 is 23.8 Å².